The van der Waals surface area contributed by atoms with Gasteiger partial charge in [0.15, 0.2) is 0 Å². The summed E-state index contributed by atoms with van der Waals surface area (Å²) < 4.78 is 13.0. The maximum atomic E-state index is 13.0. The number of hydrogen-bond acceptors (Lipinski definition) is 2. The largest absolute Gasteiger partial charge is 0.392 e. The van der Waals surface area contributed by atoms with E-state index >= 15 is 0 Å². The quantitative estimate of drug-likeness (QED) is 0.875. The molecular weight excluding hydrogens is 247 g/mol. The fourth-order valence-corrected chi connectivity index (χ4v) is 2.99. The van der Waals surface area contributed by atoms with E-state index in [0.29, 0.717) is 12.8 Å². The maximum absolute atomic E-state index is 13.0. The molecule has 1 unspecified atom stereocenters. The van der Waals surface area contributed by atoms with Crippen LogP contribution in [0.4, 0.5) is 4.39 Å². The summed E-state index contributed by atoms with van der Waals surface area (Å²) in [5.74, 6) is -0.246. The lowest BCUT2D eigenvalue weighted by Gasteiger charge is -2.09. The van der Waals surface area contributed by atoms with Gasteiger partial charge in [-0.1, -0.05) is 19.1 Å². The highest BCUT2D eigenvalue weighted by Crippen LogP contribution is 2.19. The number of halogens is 1. The van der Waals surface area contributed by atoms with Crippen LogP contribution in [-0.2, 0) is 19.3 Å². The Morgan fingerprint density at radius 3 is 2.61 bits per heavy atom. The normalized spacial score (nSPS) is 12.6. The van der Waals surface area contributed by atoms with Crippen molar-refractivity contribution in [1.82, 2.24) is 0 Å². The predicted octanol–water partition coefficient (Wildman–Crippen LogP) is 3.60. The number of thiophene rings is 1. The lowest BCUT2D eigenvalue weighted by molar-refractivity contribution is 0.176. The zero-order valence-corrected chi connectivity index (χ0v) is 11.2. The first-order chi connectivity index (χ1) is 8.67. The first-order valence-corrected chi connectivity index (χ1v) is 6.99. The summed E-state index contributed by atoms with van der Waals surface area (Å²) in [5, 5.41) is 10.0. The van der Waals surface area contributed by atoms with Gasteiger partial charge in [0.25, 0.3) is 0 Å². The van der Waals surface area contributed by atoms with E-state index in [-0.39, 0.29) is 5.82 Å². The average Bonchev–Trinajstić information content (AvgIpc) is 2.76. The molecule has 2 rings (SSSR count). The molecule has 0 radical (unpaired) electrons. The third-order valence-electron chi connectivity index (χ3n) is 2.86. The summed E-state index contributed by atoms with van der Waals surface area (Å²) in [6, 6.07) is 10.6. The van der Waals surface area contributed by atoms with Crippen molar-refractivity contribution in [1.29, 1.82) is 0 Å². The summed E-state index contributed by atoms with van der Waals surface area (Å²) in [5.41, 5.74) is 0.842. The third kappa shape index (κ3) is 3.65. The number of rotatable bonds is 5. The second-order valence-electron chi connectivity index (χ2n) is 4.41. The van der Waals surface area contributed by atoms with E-state index in [1.54, 1.807) is 17.4 Å². The van der Waals surface area contributed by atoms with Gasteiger partial charge in [-0.3, -0.25) is 0 Å². The van der Waals surface area contributed by atoms with Gasteiger partial charge in [-0.2, -0.15) is 0 Å². The highest BCUT2D eigenvalue weighted by atomic mass is 32.1. The molecule has 1 nitrogen and oxygen atoms in total. The van der Waals surface area contributed by atoms with Crippen molar-refractivity contribution in [3.8, 4) is 0 Å². The Morgan fingerprint density at radius 1 is 1.17 bits per heavy atom. The van der Waals surface area contributed by atoms with Gasteiger partial charge in [0, 0.05) is 16.2 Å². The van der Waals surface area contributed by atoms with Gasteiger partial charge in [0.05, 0.1) is 6.10 Å². The van der Waals surface area contributed by atoms with Gasteiger partial charge in [-0.25, -0.2) is 4.39 Å². The van der Waals surface area contributed by atoms with Crippen LogP contribution >= 0.6 is 11.3 Å². The Labute approximate surface area is 111 Å². The maximum Gasteiger partial charge on any atom is 0.123 e. The van der Waals surface area contributed by atoms with Crippen molar-refractivity contribution >= 4 is 11.3 Å². The van der Waals surface area contributed by atoms with Crippen LogP contribution in [0.2, 0.25) is 0 Å². The second-order valence-corrected chi connectivity index (χ2v) is 5.67. The van der Waals surface area contributed by atoms with Crippen LogP contribution in [0.15, 0.2) is 36.4 Å². The molecule has 1 N–H and O–H groups in total. The molecule has 18 heavy (non-hydrogen) atoms. The number of aliphatic hydroxyl groups is 1. The zero-order valence-electron chi connectivity index (χ0n) is 10.4. The molecule has 1 atom stereocenters. The molecule has 2 aromatic rings. The van der Waals surface area contributed by atoms with Crippen LogP contribution in [0.5, 0.6) is 0 Å². The second kappa shape index (κ2) is 6.12. The molecular formula is C15H17FOS. The van der Waals surface area contributed by atoms with Crippen LogP contribution in [0, 0.1) is 5.82 Å². The van der Waals surface area contributed by atoms with Gasteiger partial charge >= 0.3 is 0 Å². The predicted molar refractivity (Wildman–Crippen MR) is 73.5 cm³/mol. The number of benzene rings is 1. The molecule has 0 aliphatic rings. The Hall–Kier alpha value is -1.19. The minimum atomic E-state index is -0.449. The van der Waals surface area contributed by atoms with Crippen LogP contribution in [0.3, 0.4) is 0 Å². The molecule has 0 saturated carbocycles. The molecule has 0 aliphatic carbocycles. The standard InChI is InChI=1S/C15H17FOS/c1-2-14-6-7-15(18-14)10-13(17)9-11-4-3-5-12(16)8-11/h3-8,13,17H,2,9-10H2,1H3. The Bertz CT molecular complexity index is 507. The van der Waals surface area contributed by atoms with Crippen LogP contribution in [-0.4, -0.2) is 11.2 Å². The van der Waals surface area contributed by atoms with E-state index in [4.69, 9.17) is 0 Å². The molecule has 0 bridgehead atoms. The Kier molecular flexibility index (Phi) is 4.50. The topological polar surface area (TPSA) is 20.2 Å². The molecule has 0 amide bonds. The van der Waals surface area contributed by atoms with Crippen molar-refractivity contribution in [2.45, 2.75) is 32.3 Å². The SMILES string of the molecule is CCc1ccc(CC(O)Cc2cccc(F)c2)s1. The summed E-state index contributed by atoms with van der Waals surface area (Å²) in [7, 11) is 0. The molecule has 1 heterocycles. The van der Waals surface area contributed by atoms with Gasteiger partial charge in [-0.15, -0.1) is 11.3 Å². The molecule has 1 aromatic carbocycles. The van der Waals surface area contributed by atoms with Gasteiger partial charge < -0.3 is 5.11 Å². The van der Waals surface area contributed by atoms with E-state index in [0.717, 1.165) is 12.0 Å². The molecule has 0 spiro atoms. The monoisotopic (exact) mass is 264 g/mol. The van der Waals surface area contributed by atoms with Crippen LogP contribution in [0.1, 0.15) is 22.2 Å². The Morgan fingerprint density at radius 2 is 1.94 bits per heavy atom. The molecule has 0 saturated heterocycles. The van der Waals surface area contributed by atoms with Crippen molar-refractivity contribution in [2.75, 3.05) is 0 Å². The number of aliphatic hydroxyl groups excluding tert-OH is 1. The smallest absolute Gasteiger partial charge is 0.123 e. The molecule has 1 aromatic heterocycles. The van der Waals surface area contributed by atoms with Crippen molar-refractivity contribution in [2.24, 2.45) is 0 Å². The van der Waals surface area contributed by atoms with E-state index in [2.05, 4.69) is 19.1 Å². The van der Waals surface area contributed by atoms with Gasteiger partial charge in [0.2, 0.25) is 0 Å². The van der Waals surface area contributed by atoms with E-state index in [1.165, 1.54) is 21.9 Å². The van der Waals surface area contributed by atoms with E-state index < -0.39 is 6.10 Å². The lowest BCUT2D eigenvalue weighted by Crippen LogP contribution is -2.13. The molecule has 0 fully saturated rings. The summed E-state index contributed by atoms with van der Waals surface area (Å²) in [4.78, 5) is 2.53. The minimum absolute atomic E-state index is 0.246. The highest BCUT2D eigenvalue weighted by molar-refractivity contribution is 7.11. The van der Waals surface area contributed by atoms with Crippen molar-refractivity contribution in [3.05, 3.63) is 57.5 Å². The van der Waals surface area contributed by atoms with Gasteiger partial charge in [0.1, 0.15) is 5.82 Å². The lowest BCUT2D eigenvalue weighted by atomic mass is 10.1. The zero-order chi connectivity index (χ0) is 13.0. The first kappa shape index (κ1) is 13.2. The first-order valence-electron chi connectivity index (χ1n) is 6.17. The summed E-state index contributed by atoms with van der Waals surface area (Å²) >= 11 is 1.74. The fraction of sp³-hybridized carbons (Fsp3) is 0.333. The number of hydrogen-bond donors (Lipinski definition) is 1. The van der Waals surface area contributed by atoms with E-state index in [9.17, 15) is 9.50 Å². The van der Waals surface area contributed by atoms with Crippen molar-refractivity contribution < 1.29 is 9.50 Å². The molecule has 3 heteroatoms. The average molecular weight is 264 g/mol. The number of aryl methyl sites for hydroxylation is 1. The van der Waals surface area contributed by atoms with Crippen LogP contribution in [0.25, 0.3) is 0 Å². The summed E-state index contributed by atoms with van der Waals surface area (Å²) in [6.45, 7) is 2.12. The summed E-state index contributed by atoms with van der Waals surface area (Å²) in [6.07, 6.45) is 1.72. The van der Waals surface area contributed by atoms with Crippen molar-refractivity contribution in [3.63, 3.8) is 0 Å². The highest BCUT2D eigenvalue weighted by Gasteiger charge is 2.09. The Balaban J connectivity index is 1.94. The third-order valence-corrected chi connectivity index (χ3v) is 4.11. The molecule has 0 aliphatic heterocycles. The minimum Gasteiger partial charge on any atom is -0.392 e. The molecule has 96 valence electrons. The van der Waals surface area contributed by atoms with Crippen LogP contribution < -0.4 is 0 Å². The fourth-order valence-electron chi connectivity index (χ4n) is 1.96. The van der Waals surface area contributed by atoms with Gasteiger partial charge in [-0.05, 0) is 42.7 Å². The van der Waals surface area contributed by atoms with E-state index in [1.807, 2.05) is 6.07 Å².